The highest BCUT2D eigenvalue weighted by atomic mass is 16.5. The molecule has 1 fully saturated rings. The third-order valence-corrected chi connectivity index (χ3v) is 3.88. The Bertz CT molecular complexity index is 448. The molecular weight excluding hydrogens is 252 g/mol. The topological polar surface area (TPSA) is 50.4 Å². The SMILES string of the molecule is COc1cccc(CCC(=O)NC2CCCNC2C)c1. The zero-order valence-corrected chi connectivity index (χ0v) is 12.3. The van der Waals surface area contributed by atoms with Crippen LogP contribution in [0.2, 0.25) is 0 Å². The van der Waals surface area contributed by atoms with E-state index in [4.69, 9.17) is 4.74 Å². The third kappa shape index (κ3) is 4.23. The second-order valence-electron chi connectivity index (χ2n) is 5.41. The summed E-state index contributed by atoms with van der Waals surface area (Å²) < 4.78 is 5.19. The molecule has 0 aliphatic carbocycles. The van der Waals surface area contributed by atoms with Crippen LogP contribution in [-0.4, -0.2) is 31.6 Å². The third-order valence-electron chi connectivity index (χ3n) is 3.88. The van der Waals surface area contributed by atoms with Gasteiger partial charge in [0.05, 0.1) is 7.11 Å². The van der Waals surface area contributed by atoms with Crippen molar-refractivity contribution < 1.29 is 9.53 Å². The molecule has 4 heteroatoms. The molecule has 2 atom stereocenters. The first-order chi connectivity index (χ1) is 9.69. The van der Waals surface area contributed by atoms with Crippen LogP contribution >= 0.6 is 0 Å². The Labute approximate surface area is 120 Å². The van der Waals surface area contributed by atoms with Crippen molar-refractivity contribution >= 4 is 5.91 Å². The zero-order valence-electron chi connectivity index (χ0n) is 12.3. The van der Waals surface area contributed by atoms with Crippen LogP contribution < -0.4 is 15.4 Å². The number of benzene rings is 1. The molecule has 0 aromatic heterocycles. The van der Waals surface area contributed by atoms with Crippen LogP contribution in [0.3, 0.4) is 0 Å². The van der Waals surface area contributed by atoms with Crippen LogP contribution in [-0.2, 0) is 11.2 Å². The lowest BCUT2D eigenvalue weighted by Gasteiger charge is -2.30. The lowest BCUT2D eigenvalue weighted by molar-refractivity contribution is -0.122. The van der Waals surface area contributed by atoms with E-state index < -0.39 is 0 Å². The maximum absolute atomic E-state index is 12.0. The Morgan fingerprint density at radius 1 is 1.50 bits per heavy atom. The summed E-state index contributed by atoms with van der Waals surface area (Å²) in [5, 5.41) is 6.53. The second-order valence-corrected chi connectivity index (χ2v) is 5.41. The maximum atomic E-state index is 12.0. The lowest BCUT2D eigenvalue weighted by atomic mass is 9.99. The number of piperidine rings is 1. The van der Waals surface area contributed by atoms with Gasteiger partial charge in [-0.15, -0.1) is 0 Å². The van der Waals surface area contributed by atoms with Gasteiger partial charge in [0.2, 0.25) is 5.91 Å². The highest BCUT2D eigenvalue weighted by Crippen LogP contribution is 2.14. The van der Waals surface area contributed by atoms with E-state index >= 15 is 0 Å². The molecule has 2 rings (SSSR count). The predicted octanol–water partition coefficient (Wildman–Crippen LogP) is 1.88. The Balaban J connectivity index is 1.79. The largest absolute Gasteiger partial charge is 0.497 e. The monoisotopic (exact) mass is 276 g/mol. The number of carbonyl (C=O) groups excluding carboxylic acids is 1. The molecule has 1 amide bonds. The van der Waals surface area contributed by atoms with Gasteiger partial charge in [0.25, 0.3) is 0 Å². The second kappa shape index (κ2) is 7.29. The van der Waals surface area contributed by atoms with Crippen LogP contribution in [0.25, 0.3) is 0 Å². The van der Waals surface area contributed by atoms with Gasteiger partial charge in [-0.2, -0.15) is 0 Å². The summed E-state index contributed by atoms with van der Waals surface area (Å²) in [5.41, 5.74) is 1.13. The smallest absolute Gasteiger partial charge is 0.220 e. The van der Waals surface area contributed by atoms with E-state index in [9.17, 15) is 4.79 Å². The number of methoxy groups -OCH3 is 1. The summed E-state index contributed by atoms with van der Waals surface area (Å²) in [6, 6.07) is 8.52. The average Bonchev–Trinajstić information content (AvgIpc) is 2.48. The van der Waals surface area contributed by atoms with Crippen LogP contribution in [0.15, 0.2) is 24.3 Å². The lowest BCUT2D eigenvalue weighted by Crippen LogP contribution is -2.51. The fraction of sp³-hybridized carbons (Fsp3) is 0.562. The molecule has 0 bridgehead atoms. The highest BCUT2D eigenvalue weighted by molar-refractivity contribution is 5.76. The highest BCUT2D eigenvalue weighted by Gasteiger charge is 2.21. The van der Waals surface area contributed by atoms with E-state index in [-0.39, 0.29) is 11.9 Å². The number of carbonyl (C=O) groups is 1. The quantitative estimate of drug-likeness (QED) is 0.863. The Morgan fingerprint density at radius 2 is 2.35 bits per heavy atom. The van der Waals surface area contributed by atoms with E-state index in [0.29, 0.717) is 12.5 Å². The van der Waals surface area contributed by atoms with Crippen molar-refractivity contribution in [1.82, 2.24) is 10.6 Å². The van der Waals surface area contributed by atoms with Crippen molar-refractivity contribution in [2.24, 2.45) is 0 Å². The van der Waals surface area contributed by atoms with Crippen LogP contribution in [0, 0.1) is 0 Å². The fourth-order valence-corrected chi connectivity index (χ4v) is 2.61. The molecule has 110 valence electrons. The van der Waals surface area contributed by atoms with Crippen molar-refractivity contribution in [3.63, 3.8) is 0 Å². The molecule has 0 radical (unpaired) electrons. The van der Waals surface area contributed by atoms with Crippen molar-refractivity contribution in [2.75, 3.05) is 13.7 Å². The van der Waals surface area contributed by atoms with Gasteiger partial charge in [-0.05, 0) is 50.4 Å². The van der Waals surface area contributed by atoms with Crippen LogP contribution in [0.5, 0.6) is 5.75 Å². The van der Waals surface area contributed by atoms with Crippen LogP contribution in [0.1, 0.15) is 31.7 Å². The molecule has 1 heterocycles. The van der Waals surface area contributed by atoms with Crippen molar-refractivity contribution in [3.05, 3.63) is 29.8 Å². The summed E-state index contributed by atoms with van der Waals surface area (Å²) >= 11 is 0. The van der Waals surface area contributed by atoms with E-state index in [1.54, 1.807) is 7.11 Å². The van der Waals surface area contributed by atoms with E-state index in [1.165, 1.54) is 0 Å². The number of ether oxygens (including phenoxy) is 1. The summed E-state index contributed by atoms with van der Waals surface area (Å²) in [6.45, 7) is 3.18. The number of aryl methyl sites for hydroxylation is 1. The molecule has 0 spiro atoms. The minimum atomic E-state index is 0.133. The average molecular weight is 276 g/mol. The standard InChI is InChI=1S/C16H24N2O2/c1-12-15(7-4-10-17-12)18-16(19)9-8-13-5-3-6-14(11-13)20-2/h3,5-6,11-12,15,17H,4,7-10H2,1-2H3,(H,18,19). The summed E-state index contributed by atoms with van der Waals surface area (Å²) in [7, 11) is 1.66. The molecule has 1 aliphatic heterocycles. The molecule has 20 heavy (non-hydrogen) atoms. The first kappa shape index (κ1) is 14.9. The van der Waals surface area contributed by atoms with Gasteiger partial charge in [0, 0.05) is 18.5 Å². The normalized spacial score (nSPS) is 22.3. The molecule has 4 nitrogen and oxygen atoms in total. The van der Waals surface area contributed by atoms with E-state index in [0.717, 1.165) is 37.1 Å². The molecule has 0 saturated carbocycles. The van der Waals surface area contributed by atoms with Gasteiger partial charge in [0.1, 0.15) is 5.75 Å². The molecular formula is C16H24N2O2. The van der Waals surface area contributed by atoms with Gasteiger partial charge in [-0.1, -0.05) is 12.1 Å². The Hall–Kier alpha value is -1.55. The predicted molar refractivity (Wildman–Crippen MR) is 79.9 cm³/mol. The minimum Gasteiger partial charge on any atom is -0.497 e. The Kier molecular flexibility index (Phi) is 5.41. The molecule has 1 saturated heterocycles. The van der Waals surface area contributed by atoms with Gasteiger partial charge in [0.15, 0.2) is 0 Å². The fourth-order valence-electron chi connectivity index (χ4n) is 2.61. The first-order valence-corrected chi connectivity index (χ1v) is 7.34. The summed E-state index contributed by atoms with van der Waals surface area (Å²) in [4.78, 5) is 12.0. The maximum Gasteiger partial charge on any atom is 0.220 e. The van der Waals surface area contributed by atoms with Crippen molar-refractivity contribution in [2.45, 2.75) is 44.7 Å². The summed E-state index contributed by atoms with van der Waals surface area (Å²) in [6.07, 6.45) is 3.47. The van der Waals surface area contributed by atoms with E-state index in [1.807, 2.05) is 24.3 Å². The van der Waals surface area contributed by atoms with Gasteiger partial charge in [-0.3, -0.25) is 4.79 Å². The number of hydrogen-bond donors (Lipinski definition) is 2. The molecule has 1 aromatic rings. The molecule has 2 unspecified atom stereocenters. The summed E-state index contributed by atoms with van der Waals surface area (Å²) in [5.74, 6) is 0.974. The molecule has 2 N–H and O–H groups in total. The van der Waals surface area contributed by atoms with E-state index in [2.05, 4.69) is 17.6 Å². The minimum absolute atomic E-state index is 0.133. The van der Waals surface area contributed by atoms with Gasteiger partial charge >= 0.3 is 0 Å². The zero-order chi connectivity index (χ0) is 14.4. The number of amides is 1. The van der Waals surface area contributed by atoms with Crippen LogP contribution in [0.4, 0.5) is 0 Å². The molecule has 1 aromatic carbocycles. The van der Waals surface area contributed by atoms with Gasteiger partial charge < -0.3 is 15.4 Å². The molecule has 1 aliphatic rings. The first-order valence-electron chi connectivity index (χ1n) is 7.34. The number of rotatable bonds is 5. The number of nitrogens with one attached hydrogen (secondary N) is 2. The van der Waals surface area contributed by atoms with Crippen molar-refractivity contribution in [1.29, 1.82) is 0 Å². The van der Waals surface area contributed by atoms with Crippen molar-refractivity contribution in [3.8, 4) is 5.75 Å². The number of hydrogen-bond acceptors (Lipinski definition) is 3. The van der Waals surface area contributed by atoms with Gasteiger partial charge in [-0.25, -0.2) is 0 Å². The Morgan fingerprint density at radius 3 is 3.10 bits per heavy atom.